The number of carbonyl (C=O) groups is 2. The lowest BCUT2D eigenvalue weighted by molar-refractivity contribution is -0.131. The van der Waals surface area contributed by atoms with Crippen LogP contribution in [-0.4, -0.2) is 23.5 Å². The van der Waals surface area contributed by atoms with E-state index in [2.05, 4.69) is 5.32 Å². The average molecular weight is 158 g/mol. The molecule has 62 valence electrons. The van der Waals surface area contributed by atoms with Crippen LogP contribution >= 0.6 is 0 Å². The van der Waals surface area contributed by atoms with E-state index in [0.29, 0.717) is 6.54 Å². The Hall–Kier alpha value is -1.52. The lowest BCUT2D eigenvalue weighted by Gasteiger charge is -1.94. The predicted molar refractivity (Wildman–Crippen MR) is 38.6 cm³/mol. The van der Waals surface area contributed by atoms with Crippen molar-refractivity contribution in [3.63, 3.8) is 0 Å². The molecule has 0 aromatic carbocycles. The Morgan fingerprint density at radius 1 is 1.55 bits per heavy atom. The van der Waals surface area contributed by atoms with Gasteiger partial charge in [-0.05, 0) is 0 Å². The van der Waals surface area contributed by atoms with Crippen LogP contribution in [0.5, 0.6) is 0 Å². The fourth-order valence-electron chi connectivity index (χ4n) is 0.409. The topological polar surface area (TPSA) is 92.4 Å². The molecule has 0 aliphatic rings. The molecule has 0 aliphatic carbocycles. The Kier molecular flexibility index (Phi) is 4.55. The minimum Gasteiger partial charge on any atom is -0.478 e. The van der Waals surface area contributed by atoms with Gasteiger partial charge >= 0.3 is 5.97 Å². The third kappa shape index (κ3) is 8.48. The number of rotatable bonds is 5. The molecule has 0 heterocycles. The first-order valence-corrected chi connectivity index (χ1v) is 3.04. The molecular weight excluding hydrogens is 148 g/mol. The lowest BCUT2D eigenvalue weighted by Crippen LogP contribution is -2.18. The summed E-state index contributed by atoms with van der Waals surface area (Å²) in [5, 5.41) is 10.7. The number of carbonyl (C=O) groups excluding carboxylic acids is 1. The lowest BCUT2D eigenvalue weighted by atomic mass is 10.4. The van der Waals surface area contributed by atoms with Crippen LogP contribution in [0.15, 0.2) is 12.3 Å². The fraction of sp³-hybridized carbons (Fsp3) is 0.333. The number of carboxylic acids is 1. The first kappa shape index (κ1) is 9.48. The van der Waals surface area contributed by atoms with E-state index in [4.69, 9.17) is 10.8 Å². The van der Waals surface area contributed by atoms with Crippen LogP contribution in [0.3, 0.4) is 0 Å². The fourth-order valence-corrected chi connectivity index (χ4v) is 0.409. The van der Waals surface area contributed by atoms with Crippen molar-refractivity contribution in [2.75, 3.05) is 6.54 Å². The van der Waals surface area contributed by atoms with Gasteiger partial charge in [0, 0.05) is 25.2 Å². The molecule has 5 heteroatoms. The van der Waals surface area contributed by atoms with Gasteiger partial charge in [-0.25, -0.2) is 4.79 Å². The van der Waals surface area contributed by atoms with Gasteiger partial charge in [-0.3, -0.25) is 4.79 Å². The molecule has 1 amide bonds. The van der Waals surface area contributed by atoms with Crippen LogP contribution in [0, 0.1) is 0 Å². The summed E-state index contributed by atoms with van der Waals surface area (Å²) in [5.74, 6) is -1.45. The standard InChI is InChI=1S/C6H10N2O3/c7-5(9)1-3-8-4-2-6(10)11/h2,4,8H,1,3H2,(H2,7,9)(H,10,11)/b4-2+. The van der Waals surface area contributed by atoms with Crippen molar-refractivity contribution in [2.45, 2.75) is 6.42 Å². The van der Waals surface area contributed by atoms with E-state index in [1.54, 1.807) is 0 Å². The average Bonchev–Trinajstić information content (AvgIpc) is 1.85. The van der Waals surface area contributed by atoms with E-state index < -0.39 is 11.9 Å². The van der Waals surface area contributed by atoms with Crippen molar-refractivity contribution >= 4 is 11.9 Å². The third-order valence-corrected chi connectivity index (χ3v) is 0.859. The third-order valence-electron chi connectivity index (χ3n) is 0.859. The number of nitrogens with two attached hydrogens (primary N) is 1. The maximum absolute atomic E-state index is 10.1. The second-order valence-electron chi connectivity index (χ2n) is 1.84. The summed E-state index contributed by atoms with van der Waals surface area (Å²) < 4.78 is 0. The molecule has 0 fully saturated rings. The van der Waals surface area contributed by atoms with E-state index in [0.717, 1.165) is 6.08 Å². The van der Waals surface area contributed by atoms with Crippen molar-refractivity contribution < 1.29 is 14.7 Å². The maximum Gasteiger partial charge on any atom is 0.329 e. The molecule has 0 aliphatic heterocycles. The van der Waals surface area contributed by atoms with Crippen LogP contribution in [0.1, 0.15) is 6.42 Å². The van der Waals surface area contributed by atoms with Crippen molar-refractivity contribution in [2.24, 2.45) is 5.73 Å². The number of hydrogen-bond acceptors (Lipinski definition) is 3. The molecule has 0 unspecified atom stereocenters. The van der Waals surface area contributed by atoms with Gasteiger partial charge in [0.1, 0.15) is 0 Å². The van der Waals surface area contributed by atoms with Gasteiger partial charge in [0.15, 0.2) is 0 Å². The quantitative estimate of drug-likeness (QED) is 0.355. The highest BCUT2D eigenvalue weighted by Gasteiger charge is 1.90. The molecule has 0 saturated carbocycles. The van der Waals surface area contributed by atoms with Gasteiger partial charge in [0.25, 0.3) is 0 Å². The molecule has 0 aromatic rings. The molecule has 5 nitrogen and oxygen atoms in total. The molecule has 11 heavy (non-hydrogen) atoms. The van der Waals surface area contributed by atoms with Crippen LogP contribution in [0.4, 0.5) is 0 Å². The number of nitrogens with one attached hydrogen (secondary N) is 1. The summed E-state index contributed by atoms with van der Waals surface area (Å²) in [6, 6.07) is 0. The van der Waals surface area contributed by atoms with E-state index in [1.807, 2.05) is 0 Å². The number of primary amides is 1. The minimum absolute atomic E-state index is 0.198. The minimum atomic E-state index is -1.03. The van der Waals surface area contributed by atoms with E-state index in [9.17, 15) is 9.59 Å². The Balaban J connectivity index is 3.27. The summed E-state index contributed by atoms with van der Waals surface area (Å²) in [6.45, 7) is 0.360. The van der Waals surface area contributed by atoms with Gasteiger partial charge in [0.2, 0.25) is 5.91 Å². The summed E-state index contributed by atoms with van der Waals surface area (Å²) in [6.07, 6.45) is 2.40. The first-order chi connectivity index (χ1) is 5.13. The van der Waals surface area contributed by atoms with Crippen LogP contribution in [0.25, 0.3) is 0 Å². The predicted octanol–water partition coefficient (Wildman–Crippen LogP) is -0.950. The van der Waals surface area contributed by atoms with Crippen LogP contribution in [-0.2, 0) is 9.59 Å². The SMILES string of the molecule is NC(=O)CCN/C=C/C(=O)O. The molecule has 4 N–H and O–H groups in total. The second-order valence-corrected chi connectivity index (χ2v) is 1.84. The molecule has 0 bridgehead atoms. The number of carboxylic acid groups (broad SMARTS) is 1. The van der Waals surface area contributed by atoms with Crippen LogP contribution < -0.4 is 11.1 Å². The summed E-state index contributed by atoms with van der Waals surface area (Å²) in [5.41, 5.74) is 4.82. The van der Waals surface area contributed by atoms with Crippen molar-refractivity contribution in [3.8, 4) is 0 Å². The Morgan fingerprint density at radius 2 is 2.18 bits per heavy atom. The van der Waals surface area contributed by atoms with Gasteiger partial charge in [-0.2, -0.15) is 0 Å². The zero-order valence-electron chi connectivity index (χ0n) is 5.91. The maximum atomic E-state index is 10.1. The molecule has 0 aromatic heterocycles. The van der Waals surface area contributed by atoms with Gasteiger partial charge in [0.05, 0.1) is 0 Å². The van der Waals surface area contributed by atoms with E-state index >= 15 is 0 Å². The largest absolute Gasteiger partial charge is 0.478 e. The Labute approximate surface area is 63.9 Å². The summed E-state index contributed by atoms with van der Waals surface area (Å²) in [4.78, 5) is 20.0. The van der Waals surface area contributed by atoms with Gasteiger partial charge in [-0.15, -0.1) is 0 Å². The molecule has 0 radical (unpaired) electrons. The summed E-state index contributed by atoms with van der Waals surface area (Å²) in [7, 11) is 0. The molecule has 0 atom stereocenters. The smallest absolute Gasteiger partial charge is 0.329 e. The number of amides is 1. The Bertz CT molecular complexity index is 177. The zero-order chi connectivity index (χ0) is 8.69. The van der Waals surface area contributed by atoms with E-state index in [-0.39, 0.29) is 6.42 Å². The van der Waals surface area contributed by atoms with E-state index in [1.165, 1.54) is 6.20 Å². The highest BCUT2D eigenvalue weighted by Crippen LogP contribution is 1.73. The van der Waals surface area contributed by atoms with Crippen LogP contribution in [0.2, 0.25) is 0 Å². The molecule has 0 rings (SSSR count). The van der Waals surface area contributed by atoms with Crippen molar-refractivity contribution in [3.05, 3.63) is 12.3 Å². The normalized spacial score (nSPS) is 9.82. The number of aliphatic carboxylic acids is 1. The van der Waals surface area contributed by atoms with Crippen molar-refractivity contribution in [1.29, 1.82) is 0 Å². The summed E-state index contributed by atoms with van der Waals surface area (Å²) >= 11 is 0. The molecule has 0 saturated heterocycles. The monoisotopic (exact) mass is 158 g/mol. The first-order valence-electron chi connectivity index (χ1n) is 3.04. The van der Waals surface area contributed by atoms with Gasteiger partial charge < -0.3 is 16.2 Å². The molecule has 0 spiro atoms. The zero-order valence-corrected chi connectivity index (χ0v) is 5.91. The molecular formula is C6H10N2O3. The second kappa shape index (κ2) is 5.28. The highest BCUT2D eigenvalue weighted by atomic mass is 16.4. The van der Waals surface area contributed by atoms with Gasteiger partial charge in [-0.1, -0.05) is 0 Å². The Morgan fingerprint density at radius 3 is 2.64 bits per heavy atom. The number of hydrogen-bond donors (Lipinski definition) is 3. The van der Waals surface area contributed by atoms with Crippen molar-refractivity contribution in [1.82, 2.24) is 5.32 Å². The highest BCUT2D eigenvalue weighted by molar-refractivity contribution is 5.79.